The number of nitrogens with zero attached hydrogens (tertiary/aromatic N) is 2. The topological polar surface area (TPSA) is 53.1 Å². The number of hydrogen-bond acceptors (Lipinski definition) is 3. The zero-order valence-corrected chi connectivity index (χ0v) is 11.1. The van der Waals surface area contributed by atoms with Crippen LogP contribution in [0.5, 0.6) is 5.75 Å². The number of nitrogens with two attached hydrogens (primary N) is 1. The summed E-state index contributed by atoms with van der Waals surface area (Å²) < 4.78 is 20.1. The van der Waals surface area contributed by atoms with E-state index in [9.17, 15) is 4.39 Å². The van der Waals surface area contributed by atoms with Crippen LogP contribution < -0.4 is 10.5 Å². The SMILES string of the molecule is CCCn1ncc(OC)c1C(N)c1ccc(F)cc1. The van der Waals surface area contributed by atoms with Crippen molar-refractivity contribution < 1.29 is 9.13 Å². The number of rotatable bonds is 5. The van der Waals surface area contributed by atoms with Gasteiger partial charge in [0.25, 0.3) is 0 Å². The lowest BCUT2D eigenvalue weighted by Gasteiger charge is -2.16. The summed E-state index contributed by atoms with van der Waals surface area (Å²) in [6.45, 7) is 2.84. The molecule has 1 unspecified atom stereocenters. The van der Waals surface area contributed by atoms with Crippen LogP contribution in [0.2, 0.25) is 0 Å². The van der Waals surface area contributed by atoms with Crippen LogP contribution >= 0.6 is 0 Å². The maximum Gasteiger partial charge on any atom is 0.161 e. The van der Waals surface area contributed by atoms with E-state index in [1.165, 1.54) is 12.1 Å². The van der Waals surface area contributed by atoms with Gasteiger partial charge in [-0.2, -0.15) is 5.10 Å². The third kappa shape index (κ3) is 2.76. The first kappa shape index (κ1) is 13.5. The molecule has 1 aromatic carbocycles. The summed E-state index contributed by atoms with van der Waals surface area (Å²) in [5.41, 5.74) is 7.90. The minimum atomic E-state index is -0.385. The van der Waals surface area contributed by atoms with Crippen LogP contribution in [0.3, 0.4) is 0 Å². The summed E-state index contributed by atoms with van der Waals surface area (Å²) in [6, 6.07) is 5.79. The number of ether oxygens (including phenoxy) is 1. The fourth-order valence-electron chi connectivity index (χ4n) is 2.07. The van der Waals surface area contributed by atoms with Gasteiger partial charge in [0.15, 0.2) is 5.75 Å². The fourth-order valence-corrected chi connectivity index (χ4v) is 2.07. The van der Waals surface area contributed by atoms with Crippen molar-refractivity contribution in [3.8, 4) is 5.75 Å². The Bertz CT molecular complexity index is 536. The molecule has 0 aliphatic rings. The number of aryl methyl sites for hydroxylation is 1. The second-order valence-electron chi connectivity index (χ2n) is 4.35. The summed E-state index contributed by atoms with van der Waals surface area (Å²) in [6.07, 6.45) is 2.61. The molecule has 2 rings (SSSR count). The Labute approximate surface area is 112 Å². The Hall–Kier alpha value is -1.88. The minimum Gasteiger partial charge on any atom is -0.493 e. The van der Waals surface area contributed by atoms with E-state index in [1.54, 1.807) is 25.4 Å². The van der Waals surface area contributed by atoms with Gasteiger partial charge in [0.2, 0.25) is 0 Å². The smallest absolute Gasteiger partial charge is 0.161 e. The van der Waals surface area contributed by atoms with Crippen molar-refractivity contribution in [1.29, 1.82) is 0 Å². The van der Waals surface area contributed by atoms with Crippen molar-refractivity contribution in [2.24, 2.45) is 5.73 Å². The van der Waals surface area contributed by atoms with Gasteiger partial charge in [-0.1, -0.05) is 19.1 Å². The molecule has 1 aromatic heterocycles. The van der Waals surface area contributed by atoms with E-state index < -0.39 is 0 Å². The lowest BCUT2D eigenvalue weighted by molar-refractivity contribution is 0.404. The number of methoxy groups -OCH3 is 1. The van der Waals surface area contributed by atoms with Crippen molar-refractivity contribution in [1.82, 2.24) is 9.78 Å². The van der Waals surface area contributed by atoms with Gasteiger partial charge in [0.1, 0.15) is 11.5 Å². The molecule has 2 N–H and O–H groups in total. The Morgan fingerprint density at radius 2 is 2.05 bits per heavy atom. The van der Waals surface area contributed by atoms with Crippen molar-refractivity contribution in [2.75, 3.05) is 7.11 Å². The molecule has 0 saturated carbocycles. The monoisotopic (exact) mass is 263 g/mol. The van der Waals surface area contributed by atoms with Crippen molar-refractivity contribution in [3.05, 3.63) is 47.5 Å². The van der Waals surface area contributed by atoms with Crippen LogP contribution in [0.1, 0.15) is 30.6 Å². The van der Waals surface area contributed by atoms with Gasteiger partial charge in [0.05, 0.1) is 19.3 Å². The molecule has 0 amide bonds. The first-order valence-corrected chi connectivity index (χ1v) is 6.28. The van der Waals surface area contributed by atoms with E-state index in [2.05, 4.69) is 12.0 Å². The molecular weight excluding hydrogens is 245 g/mol. The van der Waals surface area contributed by atoms with Gasteiger partial charge >= 0.3 is 0 Å². The number of halogens is 1. The molecule has 19 heavy (non-hydrogen) atoms. The first-order valence-electron chi connectivity index (χ1n) is 6.28. The van der Waals surface area contributed by atoms with E-state index in [0.29, 0.717) is 5.75 Å². The van der Waals surface area contributed by atoms with Gasteiger partial charge in [-0.3, -0.25) is 4.68 Å². The van der Waals surface area contributed by atoms with Gasteiger partial charge in [0, 0.05) is 6.54 Å². The highest BCUT2D eigenvalue weighted by atomic mass is 19.1. The quantitative estimate of drug-likeness (QED) is 0.901. The van der Waals surface area contributed by atoms with Crippen molar-refractivity contribution in [2.45, 2.75) is 25.9 Å². The highest BCUT2D eigenvalue weighted by molar-refractivity contribution is 5.36. The highest BCUT2D eigenvalue weighted by Crippen LogP contribution is 2.28. The van der Waals surface area contributed by atoms with Crippen LogP contribution in [-0.2, 0) is 6.54 Å². The molecule has 102 valence electrons. The van der Waals surface area contributed by atoms with Crippen LogP contribution in [0.15, 0.2) is 30.5 Å². The molecule has 0 spiro atoms. The molecule has 0 aliphatic heterocycles. The van der Waals surface area contributed by atoms with Gasteiger partial charge in [-0.05, 0) is 24.1 Å². The summed E-state index contributed by atoms with van der Waals surface area (Å²) >= 11 is 0. The lowest BCUT2D eigenvalue weighted by Crippen LogP contribution is -2.18. The van der Waals surface area contributed by atoms with E-state index in [4.69, 9.17) is 10.5 Å². The number of benzene rings is 1. The van der Waals surface area contributed by atoms with Crippen LogP contribution in [0.4, 0.5) is 4.39 Å². The number of hydrogen-bond donors (Lipinski definition) is 1. The van der Waals surface area contributed by atoms with Crippen LogP contribution in [0, 0.1) is 5.82 Å². The van der Waals surface area contributed by atoms with Crippen LogP contribution in [0.25, 0.3) is 0 Å². The van der Waals surface area contributed by atoms with E-state index in [1.807, 2.05) is 4.68 Å². The van der Waals surface area contributed by atoms with E-state index >= 15 is 0 Å². The summed E-state index contributed by atoms with van der Waals surface area (Å²) in [7, 11) is 1.59. The standard InChI is InChI=1S/C14H18FN3O/c1-3-8-18-14(12(19-2)9-17-18)13(16)10-4-6-11(15)7-5-10/h4-7,9,13H,3,8,16H2,1-2H3. The molecule has 0 radical (unpaired) electrons. The predicted octanol–water partition coefficient (Wildman–Crippen LogP) is 2.49. The zero-order valence-electron chi connectivity index (χ0n) is 11.1. The summed E-state index contributed by atoms with van der Waals surface area (Å²) in [4.78, 5) is 0. The Balaban J connectivity index is 2.38. The highest BCUT2D eigenvalue weighted by Gasteiger charge is 2.20. The van der Waals surface area contributed by atoms with Crippen molar-refractivity contribution in [3.63, 3.8) is 0 Å². The lowest BCUT2D eigenvalue weighted by atomic mass is 10.0. The third-order valence-electron chi connectivity index (χ3n) is 3.02. The Kier molecular flexibility index (Phi) is 4.16. The van der Waals surface area contributed by atoms with Crippen molar-refractivity contribution >= 4 is 0 Å². The molecule has 1 heterocycles. The normalized spacial score (nSPS) is 12.4. The van der Waals surface area contributed by atoms with Gasteiger partial charge in [-0.15, -0.1) is 0 Å². The maximum atomic E-state index is 13.0. The molecule has 1 atom stereocenters. The molecular formula is C14H18FN3O. The molecule has 4 nitrogen and oxygen atoms in total. The van der Waals surface area contributed by atoms with Gasteiger partial charge in [-0.25, -0.2) is 4.39 Å². The molecule has 0 saturated heterocycles. The Morgan fingerprint density at radius 1 is 1.37 bits per heavy atom. The molecule has 0 bridgehead atoms. The zero-order chi connectivity index (χ0) is 13.8. The van der Waals surface area contributed by atoms with Crippen LogP contribution in [-0.4, -0.2) is 16.9 Å². The average molecular weight is 263 g/mol. The summed E-state index contributed by atoms with van der Waals surface area (Å²) in [5, 5.41) is 4.28. The first-order chi connectivity index (χ1) is 9.17. The molecule has 2 aromatic rings. The fraction of sp³-hybridized carbons (Fsp3) is 0.357. The Morgan fingerprint density at radius 3 is 2.63 bits per heavy atom. The molecule has 5 heteroatoms. The third-order valence-corrected chi connectivity index (χ3v) is 3.02. The molecule has 0 fully saturated rings. The second kappa shape index (κ2) is 5.84. The largest absolute Gasteiger partial charge is 0.493 e. The second-order valence-corrected chi connectivity index (χ2v) is 4.35. The van der Waals surface area contributed by atoms with E-state index in [0.717, 1.165) is 24.2 Å². The molecule has 0 aliphatic carbocycles. The maximum absolute atomic E-state index is 13.0. The number of aromatic nitrogens is 2. The van der Waals surface area contributed by atoms with Gasteiger partial charge < -0.3 is 10.5 Å². The summed E-state index contributed by atoms with van der Waals surface area (Å²) in [5.74, 6) is 0.384. The minimum absolute atomic E-state index is 0.273. The van der Waals surface area contributed by atoms with E-state index in [-0.39, 0.29) is 11.9 Å². The average Bonchev–Trinajstić information content (AvgIpc) is 2.82. The predicted molar refractivity (Wildman–Crippen MR) is 71.5 cm³/mol.